The molecule has 2 amide bonds. The fourth-order valence-corrected chi connectivity index (χ4v) is 4.36. The van der Waals surface area contributed by atoms with Gasteiger partial charge in [-0.1, -0.05) is 17.8 Å². The minimum Gasteiger partial charge on any atom is -0.322 e. The normalized spacial score (nSPS) is 13.5. The van der Waals surface area contributed by atoms with Crippen LogP contribution in [0.5, 0.6) is 0 Å². The third kappa shape index (κ3) is 4.39. The van der Waals surface area contributed by atoms with E-state index in [-0.39, 0.29) is 11.8 Å². The Kier molecular flexibility index (Phi) is 5.86. The van der Waals surface area contributed by atoms with Crippen LogP contribution in [0.3, 0.4) is 0 Å². The van der Waals surface area contributed by atoms with Crippen LogP contribution in [0.15, 0.2) is 70.7 Å². The highest BCUT2D eigenvalue weighted by Crippen LogP contribution is 2.30. The van der Waals surface area contributed by atoms with E-state index in [0.29, 0.717) is 22.7 Å². The predicted molar refractivity (Wildman–Crippen MR) is 120 cm³/mol. The van der Waals surface area contributed by atoms with Crippen molar-refractivity contribution in [3.8, 4) is 0 Å². The van der Waals surface area contributed by atoms with Crippen LogP contribution in [0.4, 0.5) is 11.4 Å². The van der Waals surface area contributed by atoms with Crippen molar-refractivity contribution in [3.63, 3.8) is 0 Å². The maximum atomic E-state index is 12.9. The Morgan fingerprint density at radius 2 is 1.87 bits per heavy atom. The van der Waals surface area contributed by atoms with Gasteiger partial charge in [0.15, 0.2) is 0 Å². The molecule has 0 unspecified atom stereocenters. The summed E-state index contributed by atoms with van der Waals surface area (Å²) in [7, 11) is 0. The largest absolute Gasteiger partial charge is 0.322 e. The number of aryl methyl sites for hydroxylation is 2. The third-order valence-corrected chi connectivity index (χ3v) is 6.23. The van der Waals surface area contributed by atoms with Gasteiger partial charge in [0, 0.05) is 35.4 Å². The van der Waals surface area contributed by atoms with E-state index in [4.69, 9.17) is 0 Å². The summed E-state index contributed by atoms with van der Waals surface area (Å²) in [6, 6.07) is 17.2. The minimum absolute atomic E-state index is 0.148. The third-order valence-electron chi connectivity index (χ3n) is 5.22. The summed E-state index contributed by atoms with van der Waals surface area (Å²) in [5.41, 5.74) is 4.51. The van der Waals surface area contributed by atoms with Crippen molar-refractivity contribution in [1.82, 2.24) is 4.98 Å². The molecular weight excluding hydrogens is 394 g/mol. The molecule has 30 heavy (non-hydrogen) atoms. The highest BCUT2D eigenvalue weighted by Gasteiger charge is 2.21. The van der Waals surface area contributed by atoms with Crippen molar-refractivity contribution in [1.29, 1.82) is 0 Å². The molecule has 0 spiro atoms. The first-order valence-electron chi connectivity index (χ1n) is 9.93. The summed E-state index contributed by atoms with van der Waals surface area (Å²) < 4.78 is 0. The van der Waals surface area contributed by atoms with Gasteiger partial charge in [-0.3, -0.25) is 9.59 Å². The smallest absolute Gasteiger partial charge is 0.258 e. The quantitative estimate of drug-likeness (QED) is 0.618. The number of carbonyl (C=O) groups is 2. The van der Waals surface area contributed by atoms with Gasteiger partial charge in [0.1, 0.15) is 5.03 Å². The molecule has 0 radical (unpaired) electrons. The zero-order chi connectivity index (χ0) is 21.1. The van der Waals surface area contributed by atoms with Gasteiger partial charge >= 0.3 is 0 Å². The maximum absolute atomic E-state index is 12.9. The minimum atomic E-state index is -0.209. The first kappa shape index (κ1) is 20.2. The zero-order valence-corrected chi connectivity index (χ0v) is 17.8. The van der Waals surface area contributed by atoms with E-state index in [9.17, 15) is 9.59 Å². The molecule has 1 aliphatic heterocycles. The Morgan fingerprint density at radius 1 is 1.07 bits per heavy atom. The molecule has 0 bridgehead atoms. The first-order chi connectivity index (χ1) is 14.5. The summed E-state index contributed by atoms with van der Waals surface area (Å²) in [6.07, 6.45) is 3.18. The monoisotopic (exact) mass is 417 g/mol. The Bertz CT molecular complexity index is 1100. The molecule has 0 atom stereocenters. The lowest BCUT2D eigenvalue weighted by Crippen LogP contribution is -2.23. The van der Waals surface area contributed by atoms with Crippen LogP contribution in [0.1, 0.15) is 34.3 Å². The fraction of sp³-hybridized carbons (Fsp3) is 0.208. The number of aromatic nitrogens is 1. The molecule has 4 rings (SSSR count). The molecule has 6 heteroatoms. The van der Waals surface area contributed by atoms with Gasteiger partial charge in [0.05, 0.1) is 5.56 Å². The molecule has 2 heterocycles. The Hall–Kier alpha value is -3.12. The van der Waals surface area contributed by atoms with Crippen molar-refractivity contribution >= 4 is 35.0 Å². The van der Waals surface area contributed by atoms with Gasteiger partial charge in [-0.15, -0.1) is 0 Å². The van der Waals surface area contributed by atoms with E-state index in [1.54, 1.807) is 23.2 Å². The highest BCUT2D eigenvalue weighted by atomic mass is 32.2. The number of amides is 2. The molecule has 2 aromatic carbocycles. The first-order valence-corrected chi connectivity index (χ1v) is 10.7. The van der Waals surface area contributed by atoms with Crippen LogP contribution in [0.25, 0.3) is 0 Å². The number of hydrogen-bond donors (Lipinski definition) is 1. The van der Waals surface area contributed by atoms with Crippen molar-refractivity contribution in [2.24, 2.45) is 0 Å². The van der Waals surface area contributed by atoms with Crippen molar-refractivity contribution in [2.75, 3.05) is 16.8 Å². The number of hydrogen-bond acceptors (Lipinski definition) is 4. The average Bonchev–Trinajstić information content (AvgIpc) is 3.17. The molecule has 5 nitrogen and oxygen atoms in total. The molecule has 152 valence electrons. The van der Waals surface area contributed by atoms with E-state index in [1.165, 1.54) is 22.9 Å². The summed E-state index contributed by atoms with van der Waals surface area (Å²) in [6.45, 7) is 4.90. The Morgan fingerprint density at radius 3 is 2.57 bits per heavy atom. The van der Waals surface area contributed by atoms with E-state index in [2.05, 4.69) is 36.3 Å². The van der Waals surface area contributed by atoms with E-state index in [1.807, 2.05) is 30.3 Å². The second kappa shape index (κ2) is 8.71. The van der Waals surface area contributed by atoms with Crippen molar-refractivity contribution in [3.05, 3.63) is 77.5 Å². The summed E-state index contributed by atoms with van der Waals surface area (Å²) in [4.78, 5) is 32.1. The summed E-state index contributed by atoms with van der Waals surface area (Å²) in [5.74, 6) is -0.0606. The summed E-state index contributed by atoms with van der Waals surface area (Å²) in [5, 5.41) is 3.60. The molecule has 3 aromatic rings. The van der Waals surface area contributed by atoms with Gasteiger partial charge < -0.3 is 10.2 Å². The van der Waals surface area contributed by atoms with E-state index in [0.717, 1.165) is 23.5 Å². The Labute approximate surface area is 180 Å². The lowest BCUT2D eigenvalue weighted by atomic mass is 10.1. The van der Waals surface area contributed by atoms with E-state index < -0.39 is 0 Å². The second-order valence-corrected chi connectivity index (χ2v) is 8.42. The van der Waals surface area contributed by atoms with E-state index >= 15 is 0 Å². The number of rotatable bonds is 5. The van der Waals surface area contributed by atoms with Crippen LogP contribution in [0.2, 0.25) is 0 Å². The maximum Gasteiger partial charge on any atom is 0.258 e. The van der Waals surface area contributed by atoms with Crippen LogP contribution in [-0.2, 0) is 4.79 Å². The van der Waals surface area contributed by atoms with Crippen LogP contribution < -0.4 is 10.2 Å². The second-order valence-electron chi connectivity index (χ2n) is 7.35. The number of benzene rings is 2. The highest BCUT2D eigenvalue weighted by molar-refractivity contribution is 7.99. The average molecular weight is 418 g/mol. The van der Waals surface area contributed by atoms with Crippen molar-refractivity contribution in [2.45, 2.75) is 36.6 Å². The number of nitrogens with one attached hydrogen (secondary N) is 1. The van der Waals surface area contributed by atoms with Crippen LogP contribution >= 0.6 is 11.8 Å². The SMILES string of the molecule is Cc1ccc(Sc2ncccc2C(=O)Nc2ccc(N3CCCC3=O)cc2)cc1C. The topological polar surface area (TPSA) is 62.3 Å². The predicted octanol–water partition coefficient (Wildman–Crippen LogP) is 5.23. The van der Waals surface area contributed by atoms with Gasteiger partial charge in [-0.05, 0) is 79.9 Å². The number of pyridine rings is 1. The molecular formula is C24H23N3O2S. The standard InChI is InChI=1S/C24H23N3O2S/c1-16-7-12-20(15-17(16)2)30-24-21(5-3-13-25-24)23(29)26-18-8-10-19(11-9-18)27-14-4-6-22(27)28/h3,5,7-13,15H,4,6,14H2,1-2H3,(H,26,29). The van der Waals surface area contributed by atoms with Crippen LogP contribution in [0, 0.1) is 13.8 Å². The molecule has 1 saturated heterocycles. The molecule has 1 fully saturated rings. The van der Waals surface area contributed by atoms with Gasteiger partial charge in [-0.2, -0.15) is 0 Å². The summed E-state index contributed by atoms with van der Waals surface area (Å²) >= 11 is 1.48. The molecule has 1 N–H and O–H groups in total. The number of carbonyl (C=O) groups excluding carboxylic acids is 2. The number of nitrogens with zero attached hydrogens (tertiary/aromatic N) is 2. The Balaban J connectivity index is 1.49. The van der Waals surface area contributed by atoms with Gasteiger partial charge in [-0.25, -0.2) is 4.98 Å². The number of anilines is 2. The lowest BCUT2D eigenvalue weighted by Gasteiger charge is -2.16. The molecule has 1 aliphatic rings. The van der Waals surface area contributed by atoms with Gasteiger partial charge in [0.2, 0.25) is 5.91 Å². The molecule has 0 aliphatic carbocycles. The fourth-order valence-electron chi connectivity index (χ4n) is 3.38. The zero-order valence-electron chi connectivity index (χ0n) is 17.0. The lowest BCUT2D eigenvalue weighted by molar-refractivity contribution is -0.117. The van der Waals surface area contributed by atoms with Crippen LogP contribution in [-0.4, -0.2) is 23.3 Å². The molecule has 0 saturated carbocycles. The van der Waals surface area contributed by atoms with Gasteiger partial charge in [0.25, 0.3) is 5.91 Å². The molecule has 1 aromatic heterocycles. The van der Waals surface area contributed by atoms with Crippen molar-refractivity contribution < 1.29 is 9.59 Å².